The van der Waals surface area contributed by atoms with Crippen LogP contribution in [0.3, 0.4) is 0 Å². The molecule has 7 nitrogen and oxygen atoms in total. The molecule has 3 rings (SSSR count). The Morgan fingerprint density at radius 2 is 1.88 bits per heavy atom. The van der Waals surface area contributed by atoms with Crippen LogP contribution in [0.5, 0.6) is 0 Å². The monoisotopic (exact) mass is 429 g/mol. The fraction of sp³-hybridized carbons (Fsp3) is 0.0667. The molecule has 11 heteroatoms. The van der Waals surface area contributed by atoms with Crippen LogP contribution in [-0.4, -0.2) is 24.1 Å². The number of rotatable bonds is 4. The fourth-order valence-corrected chi connectivity index (χ4v) is 5.71. The number of thiophene rings is 1. The first-order valence-electron chi connectivity index (χ1n) is 7.16. The predicted octanol–water partition coefficient (Wildman–Crippen LogP) is 3.24. The topological polar surface area (TPSA) is 116 Å². The third kappa shape index (κ3) is 3.30. The molecule has 4 N–H and O–H groups in total. The lowest BCUT2D eigenvalue weighted by Gasteiger charge is -2.04. The number of fused-ring (bicyclic) bond motifs is 1. The second kappa shape index (κ2) is 6.92. The van der Waals surface area contributed by atoms with Crippen LogP contribution < -0.4 is 11.5 Å². The Labute approximate surface area is 163 Å². The zero-order valence-electron chi connectivity index (χ0n) is 13.3. The molecular weight excluding hydrogens is 417 g/mol. The average molecular weight is 430 g/mol. The molecular formula is C15H13Cl2N5O2S2. The van der Waals surface area contributed by atoms with Crippen LogP contribution in [0, 0.1) is 0 Å². The molecule has 2 heterocycles. The van der Waals surface area contributed by atoms with E-state index in [0.717, 1.165) is 11.3 Å². The summed E-state index contributed by atoms with van der Waals surface area (Å²) in [6, 6.07) is 8.36. The molecule has 0 amide bonds. The SMILES string of the molecule is C/C(=N/N=C(N)N)c1cn(S(=O)(=O)c2cc(Cl)c(Cl)s2)c2ccccc12. The Hall–Kier alpha value is -2.07. The molecule has 0 aliphatic carbocycles. The molecule has 0 spiro atoms. The lowest BCUT2D eigenvalue weighted by atomic mass is 10.1. The Balaban J connectivity index is 2.25. The van der Waals surface area contributed by atoms with Crippen LogP contribution in [-0.2, 0) is 10.0 Å². The highest BCUT2D eigenvalue weighted by atomic mass is 35.5. The molecule has 0 atom stereocenters. The largest absolute Gasteiger partial charge is 0.369 e. The summed E-state index contributed by atoms with van der Waals surface area (Å²) in [5, 5.41) is 8.44. The molecule has 0 aliphatic rings. The number of halogens is 2. The van der Waals surface area contributed by atoms with Crippen LogP contribution in [0.25, 0.3) is 10.9 Å². The fourth-order valence-electron chi connectivity index (χ4n) is 2.37. The van der Waals surface area contributed by atoms with E-state index in [0.29, 0.717) is 22.2 Å². The summed E-state index contributed by atoms with van der Waals surface area (Å²) >= 11 is 12.7. The standard InChI is InChI=1S/C15H13Cl2N5O2S2/c1-8(20-21-15(18)19)10-7-22(12-5-3-2-4-9(10)12)26(23,24)13-6-11(16)14(17)25-13/h2-7H,1H3,(H4,18,19,21)/b20-8-. The maximum absolute atomic E-state index is 13.1. The summed E-state index contributed by atoms with van der Waals surface area (Å²) in [4.78, 5) is 0. The van der Waals surface area contributed by atoms with Crippen molar-refractivity contribution in [1.82, 2.24) is 3.97 Å². The van der Waals surface area contributed by atoms with Gasteiger partial charge in [-0.15, -0.1) is 16.4 Å². The first-order valence-corrected chi connectivity index (χ1v) is 10.2. The zero-order chi connectivity index (χ0) is 19.1. The predicted molar refractivity (Wildman–Crippen MR) is 107 cm³/mol. The smallest absolute Gasteiger partial charge is 0.277 e. The number of aromatic nitrogens is 1. The second-order valence-corrected chi connectivity index (χ2v) is 9.36. The van der Waals surface area contributed by atoms with E-state index < -0.39 is 10.0 Å². The van der Waals surface area contributed by atoms with Crippen LogP contribution >= 0.6 is 34.5 Å². The summed E-state index contributed by atoms with van der Waals surface area (Å²) in [6.45, 7) is 1.68. The van der Waals surface area contributed by atoms with Gasteiger partial charge in [-0.2, -0.15) is 13.5 Å². The van der Waals surface area contributed by atoms with E-state index in [1.165, 1.54) is 16.2 Å². The number of nitrogens with zero attached hydrogens (tertiary/aromatic N) is 3. The molecule has 0 fully saturated rings. The molecule has 2 aromatic heterocycles. The third-order valence-electron chi connectivity index (χ3n) is 3.52. The van der Waals surface area contributed by atoms with Gasteiger partial charge in [0.15, 0.2) is 0 Å². The van der Waals surface area contributed by atoms with Gasteiger partial charge in [0.05, 0.1) is 16.3 Å². The lowest BCUT2D eigenvalue weighted by molar-refractivity contribution is 0.591. The Kier molecular flexibility index (Phi) is 4.98. The van der Waals surface area contributed by atoms with E-state index in [9.17, 15) is 8.42 Å². The number of benzene rings is 1. The van der Waals surface area contributed by atoms with E-state index in [1.54, 1.807) is 31.2 Å². The first kappa shape index (κ1) is 18.7. The van der Waals surface area contributed by atoms with Crippen molar-refractivity contribution >= 4 is 67.1 Å². The van der Waals surface area contributed by atoms with E-state index in [4.69, 9.17) is 34.7 Å². The van der Waals surface area contributed by atoms with Crippen molar-refractivity contribution in [1.29, 1.82) is 0 Å². The van der Waals surface area contributed by atoms with Gasteiger partial charge in [-0.1, -0.05) is 41.4 Å². The van der Waals surface area contributed by atoms with E-state index in [1.807, 2.05) is 0 Å². The van der Waals surface area contributed by atoms with Gasteiger partial charge in [0.1, 0.15) is 8.55 Å². The molecule has 0 radical (unpaired) electrons. The summed E-state index contributed by atoms with van der Waals surface area (Å²) in [5.41, 5.74) is 12.1. The van der Waals surface area contributed by atoms with Gasteiger partial charge < -0.3 is 11.5 Å². The number of hydrogen-bond donors (Lipinski definition) is 2. The van der Waals surface area contributed by atoms with Crippen LogP contribution in [0.1, 0.15) is 12.5 Å². The highest BCUT2D eigenvalue weighted by Gasteiger charge is 2.25. The van der Waals surface area contributed by atoms with Crippen LogP contribution in [0.15, 0.2) is 50.9 Å². The van der Waals surface area contributed by atoms with Gasteiger partial charge in [0.2, 0.25) is 5.96 Å². The molecule has 0 unspecified atom stereocenters. The van der Waals surface area contributed by atoms with Gasteiger partial charge in [0.25, 0.3) is 10.0 Å². The van der Waals surface area contributed by atoms with Gasteiger partial charge in [-0.3, -0.25) is 0 Å². The Morgan fingerprint density at radius 3 is 2.50 bits per heavy atom. The van der Waals surface area contributed by atoms with Crippen LogP contribution in [0.4, 0.5) is 0 Å². The first-order chi connectivity index (χ1) is 12.2. The van der Waals surface area contributed by atoms with Crippen molar-refractivity contribution in [2.45, 2.75) is 11.1 Å². The molecule has 0 bridgehead atoms. The molecule has 3 aromatic rings. The van der Waals surface area contributed by atoms with E-state index in [-0.39, 0.29) is 19.5 Å². The highest BCUT2D eigenvalue weighted by molar-refractivity contribution is 7.92. The van der Waals surface area contributed by atoms with Gasteiger partial charge in [0, 0.05) is 17.1 Å². The molecule has 0 saturated heterocycles. The number of guanidine groups is 1. The van der Waals surface area contributed by atoms with Crippen molar-refractivity contribution in [3.63, 3.8) is 0 Å². The normalized spacial score (nSPS) is 12.5. The minimum atomic E-state index is -3.89. The van der Waals surface area contributed by atoms with Crippen molar-refractivity contribution in [3.05, 3.63) is 51.5 Å². The van der Waals surface area contributed by atoms with Crippen molar-refractivity contribution < 1.29 is 8.42 Å². The van der Waals surface area contributed by atoms with E-state index in [2.05, 4.69) is 10.2 Å². The second-order valence-electron chi connectivity index (χ2n) is 5.26. The third-order valence-corrected chi connectivity index (χ3v) is 7.51. The van der Waals surface area contributed by atoms with Gasteiger partial charge in [-0.25, -0.2) is 3.97 Å². The minimum Gasteiger partial charge on any atom is -0.369 e. The molecule has 1 aromatic carbocycles. The van der Waals surface area contributed by atoms with Crippen LogP contribution in [0.2, 0.25) is 9.36 Å². The molecule has 0 aliphatic heterocycles. The minimum absolute atomic E-state index is 0.0404. The van der Waals surface area contributed by atoms with Crippen molar-refractivity contribution in [2.75, 3.05) is 0 Å². The maximum atomic E-state index is 13.1. The highest BCUT2D eigenvalue weighted by Crippen LogP contribution is 2.36. The van der Waals surface area contributed by atoms with Crippen molar-refractivity contribution in [3.8, 4) is 0 Å². The summed E-state index contributed by atoms with van der Waals surface area (Å²) in [5.74, 6) is -0.191. The summed E-state index contributed by atoms with van der Waals surface area (Å²) in [6.07, 6.45) is 1.47. The number of hydrogen-bond acceptors (Lipinski definition) is 5. The molecule has 136 valence electrons. The van der Waals surface area contributed by atoms with Gasteiger partial charge >= 0.3 is 0 Å². The maximum Gasteiger partial charge on any atom is 0.277 e. The Morgan fingerprint density at radius 1 is 1.19 bits per heavy atom. The quantitative estimate of drug-likeness (QED) is 0.376. The summed E-state index contributed by atoms with van der Waals surface area (Å²) in [7, 11) is -3.89. The number of nitrogens with two attached hydrogens (primary N) is 2. The van der Waals surface area contributed by atoms with E-state index >= 15 is 0 Å². The van der Waals surface area contributed by atoms with Crippen molar-refractivity contribution in [2.24, 2.45) is 21.7 Å². The van der Waals surface area contributed by atoms with Gasteiger partial charge in [-0.05, 0) is 19.1 Å². The average Bonchev–Trinajstić information content (AvgIpc) is 3.14. The zero-order valence-corrected chi connectivity index (χ0v) is 16.5. The molecule has 26 heavy (non-hydrogen) atoms. The Bertz CT molecular complexity index is 1140. The summed E-state index contributed by atoms with van der Waals surface area (Å²) < 4.78 is 27.6. The number of para-hydroxylation sites is 1. The lowest BCUT2D eigenvalue weighted by Crippen LogP contribution is -2.22. The molecule has 0 saturated carbocycles.